The number of benzene rings is 1. The van der Waals surface area contributed by atoms with Crippen LogP contribution in [0.2, 0.25) is 0 Å². The Morgan fingerprint density at radius 1 is 1.50 bits per heavy atom. The van der Waals surface area contributed by atoms with Crippen LogP contribution in [0.15, 0.2) is 24.3 Å². The molecule has 0 aliphatic carbocycles. The van der Waals surface area contributed by atoms with Gasteiger partial charge in [-0.3, -0.25) is 4.79 Å². The van der Waals surface area contributed by atoms with Crippen molar-refractivity contribution in [3.05, 3.63) is 41.2 Å². The smallest absolute Gasteiger partial charge is 0.310 e. The third-order valence-corrected chi connectivity index (χ3v) is 2.83. The Hall–Kier alpha value is -1.84. The van der Waals surface area contributed by atoms with Crippen LogP contribution in [-0.4, -0.2) is 19.7 Å². The first-order valence-corrected chi connectivity index (χ1v) is 5.89. The quantitative estimate of drug-likeness (QED) is 0.774. The Morgan fingerprint density at radius 3 is 3.00 bits per heavy atom. The minimum Gasteiger partial charge on any atom is -0.493 e. The fourth-order valence-corrected chi connectivity index (χ4v) is 1.92. The highest BCUT2D eigenvalue weighted by Crippen LogP contribution is 2.25. The van der Waals surface area contributed by atoms with Crippen LogP contribution >= 0.6 is 0 Å². The molecule has 0 unspecified atom stereocenters. The van der Waals surface area contributed by atoms with E-state index in [2.05, 4.69) is 4.74 Å². The van der Waals surface area contributed by atoms with E-state index in [0.29, 0.717) is 12.2 Å². The highest BCUT2D eigenvalue weighted by molar-refractivity contribution is 5.76. The van der Waals surface area contributed by atoms with E-state index in [-0.39, 0.29) is 12.2 Å². The SMILES string of the molecule is COC(=O)Cc1cc(F)ccc1C1=CCCCO1. The van der Waals surface area contributed by atoms with Crippen LogP contribution in [0.1, 0.15) is 24.0 Å². The number of halogens is 1. The summed E-state index contributed by atoms with van der Waals surface area (Å²) in [5.74, 6) is -0.0347. The van der Waals surface area contributed by atoms with Crippen LogP contribution in [0.4, 0.5) is 4.39 Å². The molecule has 3 nitrogen and oxygen atoms in total. The maximum absolute atomic E-state index is 13.3. The summed E-state index contributed by atoms with van der Waals surface area (Å²) < 4.78 is 23.4. The normalized spacial score (nSPS) is 14.7. The summed E-state index contributed by atoms with van der Waals surface area (Å²) >= 11 is 0. The van der Waals surface area contributed by atoms with Gasteiger partial charge in [-0.05, 0) is 42.7 Å². The second-order valence-electron chi connectivity index (χ2n) is 4.11. The highest BCUT2D eigenvalue weighted by atomic mass is 19.1. The van der Waals surface area contributed by atoms with E-state index in [1.165, 1.54) is 19.2 Å². The first-order chi connectivity index (χ1) is 8.70. The fraction of sp³-hybridized carbons (Fsp3) is 0.357. The van der Waals surface area contributed by atoms with Gasteiger partial charge in [-0.25, -0.2) is 4.39 Å². The molecule has 0 bridgehead atoms. The Morgan fingerprint density at radius 2 is 2.33 bits per heavy atom. The Kier molecular flexibility index (Phi) is 3.97. The van der Waals surface area contributed by atoms with Gasteiger partial charge in [0.15, 0.2) is 0 Å². The molecule has 1 aliphatic rings. The predicted octanol–water partition coefficient (Wildman–Crippen LogP) is 2.69. The standard InChI is InChI=1S/C14H15FO3/c1-17-14(16)9-10-8-11(15)5-6-12(10)13-4-2-3-7-18-13/h4-6,8H,2-3,7,9H2,1H3. The molecular weight excluding hydrogens is 235 g/mol. The first-order valence-electron chi connectivity index (χ1n) is 5.89. The van der Waals surface area contributed by atoms with Gasteiger partial charge in [0.05, 0.1) is 20.1 Å². The maximum atomic E-state index is 13.3. The minimum absolute atomic E-state index is 0.0459. The molecule has 0 fully saturated rings. The van der Waals surface area contributed by atoms with Crippen molar-refractivity contribution in [2.45, 2.75) is 19.3 Å². The van der Waals surface area contributed by atoms with Crippen LogP contribution in [0.3, 0.4) is 0 Å². The summed E-state index contributed by atoms with van der Waals surface area (Å²) in [7, 11) is 1.32. The van der Waals surface area contributed by atoms with E-state index in [9.17, 15) is 9.18 Å². The zero-order valence-electron chi connectivity index (χ0n) is 10.2. The van der Waals surface area contributed by atoms with Crippen LogP contribution in [0.5, 0.6) is 0 Å². The van der Waals surface area contributed by atoms with Crippen LogP contribution in [-0.2, 0) is 20.7 Å². The van der Waals surface area contributed by atoms with Crippen molar-refractivity contribution in [3.63, 3.8) is 0 Å². The van der Waals surface area contributed by atoms with Crippen LogP contribution in [0.25, 0.3) is 5.76 Å². The molecular formula is C14H15FO3. The molecule has 0 N–H and O–H groups in total. The molecule has 2 rings (SSSR count). The van der Waals surface area contributed by atoms with Gasteiger partial charge in [0.1, 0.15) is 11.6 Å². The number of methoxy groups -OCH3 is 1. The van der Waals surface area contributed by atoms with Crippen molar-refractivity contribution in [1.82, 2.24) is 0 Å². The number of ether oxygens (including phenoxy) is 2. The minimum atomic E-state index is -0.391. The molecule has 0 amide bonds. The zero-order chi connectivity index (χ0) is 13.0. The van der Waals surface area contributed by atoms with Crippen LogP contribution in [0, 0.1) is 5.82 Å². The van der Waals surface area contributed by atoms with E-state index >= 15 is 0 Å². The van der Waals surface area contributed by atoms with Gasteiger partial charge >= 0.3 is 5.97 Å². The topological polar surface area (TPSA) is 35.5 Å². The lowest BCUT2D eigenvalue weighted by Crippen LogP contribution is -2.09. The lowest BCUT2D eigenvalue weighted by Gasteiger charge is -2.17. The zero-order valence-corrected chi connectivity index (χ0v) is 10.2. The molecule has 1 aromatic carbocycles. The van der Waals surface area contributed by atoms with Gasteiger partial charge in [-0.1, -0.05) is 0 Å². The predicted molar refractivity (Wildman–Crippen MR) is 65.3 cm³/mol. The first kappa shape index (κ1) is 12.6. The second-order valence-corrected chi connectivity index (χ2v) is 4.11. The molecule has 1 aromatic rings. The molecule has 96 valence electrons. The third-order valence-electron chi connectivity index (χ3n) is 2.83. The van der Waals surface area contributed by atoms with Crippen LogP contribution < -0.4 is 0 Å². The second kappa shape index (κ2) is 5.67. The number of carbonyl (C=O) groups excluding carboxylic acids is 1. The molecule has 0 spiro atoms. The molecule has 0 saturated heterocycles. The van der Waals surface area contributed by atoms with E-state index in [4.69, 9.17) is 4.74 Å². The van der Waals surface area contributed by atoms with E-state index in [0.717, 1.165) is 24.2 Å². The Bertz CT molecular complexity index is 480. The molecule has 0 radical (unpaired) electrons. The van der Waals surface area contributed by atoms with Crippen molar-refractivity contribution < 1.29 is 18.7 Å². The van der Waals surface area contributed by atoms with Crippen molar-refractivity contribution in [2.24, 2.45) is 0 Å². The van der Waals surface area contributed by atoms with Crippen molar-refractivity contribution in [3.8, 4) is 0 Å². The number of allylic oxidation sites excluding steroid dienone is 1. The van der Waals surface area contributed by atoms with Gasteiger partial charge in [0, 0.05) is 5.56 Å². The molecule has 0 aromatic heterocycles. The van der Waals surface area contributed by atoms with Crippen molar-refractivity contribution in [1.29, 1.82) is 0 Å². The fourth-order valence-electron chi connectivity index (χ4n) is 1.92. The van der Waals surface area contributed by atoms with Gasteiger partial charge in [0.2, 0.25) is 0 Å². The van der Waals surface area contributed by atoms with Gasteiger partial charge < -0.3 is 9.47 Å². The van der Waals surface area contributed by atoms with E-state index < -0.39 is 5.97 Å². The van der Waals surface area contributed by atoms with Crippen molar-refractivity contribution >= 4 is 11.7 Å². The summed E-state index contributed by atoms with van der Waals surface area (Å²) in [5.41, 5.74) is 1.36. The van der Waals surface area contributed by atoms with Gasteiger partial charge in [0.25, 0.3) is 0 Å². The number of esters is 1. The lowest BCUT2D eigenvalue weighted by molar-refractivity contribution is -0.139. The lowest BCUT2D eigenvalue weighted by atomic mass is 10.0. The summed E-state index contributed by atoms with van der Waals surface area (Å²) in [6, 6.07) is 4.37. The largest absolute Gasteiger partial charge is 0.493 e. The summed E-state index contributed by atoms with van der Waals surface area (Å²) in [6.45, 7) is 0.654. The Labute approximate surface area is 105 Å². The van der Waals surface area contributed by atoms with Gasteiger partial charge in [-0.15, -0.1) is 0 Å². The molecule has 18 heavy (non-hydrogen) atoms. The number of hydrogen-bond acceptors (Lipinski definition) is 3. The number of hydrogen-bond donors (Lipinski definition) is 0. The Balaban J connectivity index is 2.33. The summed E-state index contributed by atoms with van der Waals surface area (Å²) in [4.78, 5) is 11.3. The molecule has 1 heterocycles. The average Bonchev–Trinajstić information content (AvgIpc) is 2.40. The third kappa shape index (κ3) is 2.88. The number of carbonyl (C=O) groups is 1. The van der Waals surface area contributed by atoms with Gasteiger partial charge in [-0.2, -0.15) is 0 Å². The maximum Gasteiger partial charge on any atom is 0.310 e. The highest BCUT2D eigenvalue weighted by Gasteiger charge is 2.15. The summed E-state index contributed by atoms with van der Waals surface area (Å²) in [5, 5.41) is 0. The van der Waals surface area contributed by atoms with Crippen molar-refractivity contribution in [2.75, 3.05) is 13.7 Å². The number of rotatable bonds is 3. The molecule has 4 heteroatoms. The van der Waals surface area contributed by atoms with E-state index in [1.54, 1.807) is 6.07 Å². The molecule has 1 aliphatic heterocycles. The molecule has 0 saturated carbocycles. The monoisotopic (exact) mass is 250 g/mol. The molecule has 0 atom stereocenters. The van der Waals surface area contributed by atoms with E-state index in [1.807, 2.05) is 6.08 Å². The summed E-state index contributed by atoms with van der Waals surface area (Å²) in [6.07, 6.45) is 3.93. The average molecular weight is 250 g/mol.